The number of rotatable bonds is 6. The van der Waals surface area contributed by atoms with E-state index in [1.807, 2.05) is 103 Å². The summed E-state index contributed by atoms with van der Waals surface area (Å²) in [7, 11) is 0. The highest BCUT2D eigenvalue weighted by Crippen LogP contribution is 2.43. The Morgan fingerprint density at radius 3 is 1.70 bits per heavy atom. The molecule has 0 spiro atoms. The summed E-state index contributed by atoms with van der Waals surface area (Å²) >= 11 is 0. The maximum Gasteiger partial charge on any atom is 0.167 e. The van der Waals surface area contributed by atoms with Crippen molar-refractivity contribution >= 4 is 54.5 Å². The van der Waals surface area contributed by atoms with E-state index in [1.54, 1.807) is 0 Å². The molecule has 0 fully saturated rings. The Kier molecular flexibility index (Phi) is 6.68. The fourth-order valence-corrected chi connectivity index (χ4v) is 8.60. The summed E-state index contributed by atoms with van der Waals surface area (Å²) in [5.41, 5.74) is 9.15. The number of nitrogens with zero attached hydrogens (tertiary/aromatic N) is 4. The van der Waals surface area contributed by atoms with Gasteiger partial charge in [0.2, 0.25) is 0 Å². The molecular formula is C55H34N4O. The molecule has 0 saturated heterocycles. The SMILES string of the molecule is [2H]c1c([2H])c([2H])c(-c2nc(-c3ccc(-c4cccc5ccccc45)cc3)nc(-c3cc(-n4c5ccccc5c5ccccc54)cc4c3oc3c(-c5ccccc5)cccc34)n2)c([2H])c1[2H]. The molecule has 0 N–H and O–H groups in total. The summed E-state index contributed by atoms with van der Waals surface area (Å²) in [4.78, 5) is 15.1. The second-order valence-corrected chi connectivity index (χ2v) is 14.8. The van der Waals surface area contributed by atoms with E-state index < -0.39 is 30.2 Å². The molecule has 9 aromatic carbocycles. The molecule has 0 atom stereocenters. The zero-order chi connectivity index (χ0) is 43.9. The maximum absolute atomic E-state index is 9.01. The minimum Gasteiger partial charge on any atom is -0.455 e. The van der Waals surface area contributed by atoms with Gasteiger partial charge in [0.15, 0.2) is 17.5 Å². The van der Waals surface area contributed by atoms with Gasteiger partial charge in [-0.1, -0.05) is 182 Å². The van der Waals surface area contributed by atoms with Crippen molar-refractivity contribution in [3.8, 4) is 62.1 Å². The summed E-state index contributed by atoms with van der Waals surface area (Å²) in [5, 5.41) is 6.20. The third-order valence-corrected chi connectivity index (χ3v) is 11.3. The number of hydrogen-bond acceptors (Lipinski definition) is 4. The van der Waals surface area contributed by atoms with Crippen LogP contribution in [0.3, 0.4) is 0 Å². The van der Waals surface area contributed by atoms with Gasteiger partial charge in [0.1, 0.15) is 11.2 Å². The van der Waals surface area contributed by atoms with Crippen molar-refractivity contribution in [2.75, 3.05) is 0 Å². The van der Waals surface area contributed by atoms with Crippen molar-refractivity contribution in [1.29, 1.82) is 0 Å². The average molecular weight is 772 g/mol. The van der Waals surface area contributed by atoms with Crippen molar-refractivity contribution in [1.82, 2.24) is 19.5 Å². The Morgan fingerprint density at radius 1 is 0.383 bits per heavy atom. The monoisotopic (exact) mass is 771 g/mol. The lowest BCUT2D eigenvalue weighted by Crippen LogP contribution is -2.01. The molecule has 0 radical (unpaired) electrons. The fourth-order valence-electron chi connectivity index (χ4n) is 8.60. The largest absolute Gasteiger partial charge is 0.455 e. The standard InChI is InChI=1S/C55H34N4O/c1-3-15-36(16-4-1)43-25-14-26-46-47-33-40(59-49-27-11-9-22-44(49)45-23-10-12-28-50(45)59)34-48(52(47)60-51(43)46)55-57-53(38-18-5-2-6-19-38)56-54(58-55)39-31-29-37(30-32-39)42-24-13-20-35-17-7-8-21-41(35)42/h1-34H/i2D,5D,6D,18D,19D. The summed E-state index contributed by atoms with van der Waals surface area (Å²) in [6, 6.07) is 57.2. The van der Waals surface area contributed by atoms with E-state index in [0.717, 1.165) is 71.3 Å². The van der Waals surface area contributed by atoms with Gasteiger partial charge in [-0.3, -0.25) is 0 Å². The first-order chi connectivity index (χ1) is 31.8. The molecule has 0 saturated carbocycles. The van der Waals surface area contributed by atoms with Crippen LogP contribution in [0.2, 0.25) is 0 Å². The van der Waals surface area contributed by atoms with Gasteiger partial charge in [0, 0.05) is 43.9 Å². The van der Waals surface area contributed by atoms with E-state index in [1.165, 1.54) is 0 Å². The molecule has 5 nitrogen and oxygen atoms in total. The number of furan rings is 1. The molecule has 12 rings (SSSR count). The molecule has 0 unspecified atom stereocenters. The summed E-state index contributed by atoms with van der Waals surface area (Å²) < 4.78 is 52.8. The predicted molar refractivity (Wildman–Crippen MR) is 246 cm³/mol. The van der Waals surface area contributed by atoms with Crippen LogP contribution in [0, 0.1) is 0 Å². The molecule has 3 heterocycles. The van der Waals surface area contributed by atoms with Crippen LogP contribution in [-0.2, 0) is 0 Å². The van der Waals surface area contributed by atoms with Crippen molar-refractivity contribution in [2.45, 2.75) is 0 Å². The van der Waals surface area contributed by atoms with Crippen LogP contribution in [0.15, 0.2) is 211 Å². The van der Waals surface area contributed by atoms with Gasteiger partial charge in [-0.15, -0.1) is 0 Å². The number of fused-ring (bicyclic) bond motifs is 7. The Morgan fingerprint density at radius 2 is 0.933 bits per heavy atom. The quantitative estimate of drug-likeness (QED) is 0.169. The highest BCUT2D eigenvalue weighted by atomic mass is 16.3. The van der Waals surface area contributed by atoms with Gasteiger partial charge in [0.25, 0.3) is 0 Å². The fraction of sp³-hybridized carbons (Fsp3) is 0. The van der Waals surface area contributed by atoms with E-state index in [9.17, 15) is 0 Å². The lowest BCUT2D eigenvalue weighted by molar-refractivity contribution is 0.670. The van der Waals surface area contributed by atoms with Crippen molar-refractivity contribution in [3.05, 3.63) is 206 Å². The summed E-state index contributed by atoms with van der Waals surface area (Å²) in [6.07, 6.45) is 0. The minimum atomic E-state index is -0.501. The van der Waals surface area contributed by atoms with Crippen LogP contribution < -0.4 is 0 Å². The number of para-hydroxylation sites is 3. The highest BCUT2D eigenvalue weighted by Gasteiger charge is 2.23. The first-order valence-corrected chi connectivity index (χ1v) is 19.8. The van der Waals surface area contributed by atoms with Crippen molar-refractivity contribution < 1.29 is 11.3 Å². The summed E-state index contributed by atoms with van der Waals surface area (Å²) in [6.45, 7) is 0. The molecule has 3 aromatic heterocycles. The maximum atomic E-state index is 9.01. The predicted octanol–water partition coefficient (Wildman–Crippen LogP) is 14.4. The normalized spacial score (nSPS) is 12.8. The second-order valence-electron chi connectivity index (χ2n) is 14.8. The Hall–Kier alpha value is -8.15. The van der Waals surface area contributed by atoms with Gasteiger partial charge < -0.3 is 8.98 Å². The topological polar surface area (TPSA) is 56.7 Å². The Labute approximate surface area is 352 Å². The van der Waals surface area contributed by atoms with Gasteiger partial charge in [-0.2, -0.15) is 0 Å². The number of hydrogen-bond donors (Lipinski definition) is 0. The third-order valence-electron chi connectivity index (χ3n) is 11.3. The lowest BCUT2D eigenvalue weighted by Gasteiger charge is -2.13. The zero-order valence-corrected chi connectivity index (χ0v) is 31.9. The van der Waals surface area contributed by atoms with Crippen LogP contribution in [-0.4, -0.2) is 19.5 Å². The number of benzene rings is 9. The molecule has 0 amide bonds. The highest BCUT2D eigenvalue weighted by molar-refractivity contribution is 6.15. The van der Waals surface area contributed by atoms with Gasteiger partial charge >= 0.3 is 0 Å². The molecule has 60 heavy (non-hydrogen) atoms. The molecule has 0 aliphatic carbocycles. The van der Waals surface area contributed by atoms with Crippen LogP contribution in [0.25, 0.3) is 117 Å². The van der Waals surface area contributed by atoms with Gasteiger partial charge in [-0.05, 0) is 51.7 Å². The van der Waals surface area contributed by atoms with Crippen LogP contribution in [0.1, 0.15) is 6.85 Å². The first-order valence-electron chi connectivity index (χ1n) is 22.3. The van der Waals surface area contributed by atoms with E-state index in [0.29, 0.717) is 22.3 Å². The summed E-state index contributed by atoms with van der Waals surface area (Å²) in [5.74, 6) is 0.414. The molecular weight excluding hydrogens is 733 g/mol. The molecule has 0 aliphatic heterocycles. The zero-order valence-electron chi connectivity index (χ0n) is 36.9. The molecule has 12 aromatic rings. The van der Waals surface area contributed by atoms with E-state index >= 15 is 0 Å². The average Bonchev–Trinajstić information content (AvgIpc) is 3.91. The second kappa shape index (κ2) is 13.8. The third kappa shape index (κ3) is 5.52. The Bertz CT molecular complexity index is 3810. The smallest absolute Gasteiger partial charge is 0.167 e. The van der Waals surface area contributed by atoms with Crippen molar-refractivity contribution in [3.63, 3.8) is 0 Å². The van der Waals surface area contributed by atoms with Gasteiger partial charge in [0.05, 0.1) is 23.5 Å². The van der Waals surface area contributed by atoms with Crippen LogP contribution >= 0.6 is 0 Å². The van der Waals surface area contributed by atoms with E-state index in [4.69, 9.17) is 26.2 Å². The molecule has 0 bridgehead atoms. The van der Waals surface area contributed by atoms with E-state index in [-0.39, 0.29) is 23.0 Å². The molecule has 0 aliphatic rings. The Balaban J connectivity index is 1.16. The number of aromatic nitrogens is 4. The first kappa shape index (κ1) is 29.1. The van der Waals surface area contributed by atoms with Crippen LogP contribution in [0.5, 0.6) is 0 Å². The lowest BCUT2D eigenvalue weighted by atomic mass is 9.97. The van der Waals surface area contributed by atoms with Crippen molar-refractivity contribution in [2.24, 2.45) is 0 Å². The van der Waals surface area contributed by atoms with E-state index in [2.05, 4.69) is 77.4 Å². The molecule has 280 valence electrons. The van der Waals surface area contributed by atoms with Crippen LogP contribution in [0.4, 0.5) is 0 Å². The molecule has 5 heteroatoms. The minimum absolute atomic E-state index is 0.0587. The van der Waals surface area contributed by atoms with Gasteiger partial charge in [-0.25, -0.2) is 15.0 Å².